The Morgan fingerprint density at radius 2 is 2.45 bits per heavy atom. The van der Waals surface area contributed by atoms with E-state index in [0.29, 0.717) is 5.76 Å². The average molecular weight is 150 g/mol. The van der Waals surface area contributed by atoms with Crippen LogP contribution in [0.1, 0.15) is 16.3 Å². The third kappa shape index (κ3) is 1.41. The zero-order chi connectivity index (χ0) is 8.27. The van der Waals surface area contributed by atoms with Gasteiger partial charge in [0.1, 0.15) is 0 Å². The molecule has 0 N–H and O–H groups in total. The van der Waals surface area contributed by atoms with Crippen LogP contribution in [0.25, 0.3) is 0 Å². The molecule has 0 fully saturated rings. The second kappa shape index (κ2) is 2.93. The minimum Gasteiger partial charge on any atom is -0.463 e. The first-order chi connectivity index (χ1) is 5.27. The van der Waals surface area contributed by atoms with Crippen LogP contribution < -0.4 is 0 Å². The average Bonchev–Trinajstić information content (AvgIpc) is 2.50. The van der Waals surface area contributed by atoms with Crippen molar-refractivity contribution >= 4 is 5.97 Å². The quantitative estimate of drug-likeness (QED) is 0.443. The SMILES string of the molecule is C#Cc1ccc(C(=O)OC)o1. The van der Waals surface area contributed by atoms with E-state index in [2.05, 4.69) is 10.7 Å². The van der Waals surface area contributed by atoms with Crippen LogP contribution in [0, 0.1) is 12.3 Å². The van der Waals surface area contributed by atoms with Crippen molar-refractivity contribution in [3.63, 3.8) is 0 Å². The van der Waals surface area contributed by atoms with Crippen molar-refractivity contribution in [2.24, 2.45) is 0 Å². The van der Waals surface area contributed by atoms with Gasteiger partial charge in [0.05, 0.1) is 7.11 Å². The predicted molar refractivity (Wildman–Crippen MR) is 38.0 cm³/mol. The Labute approximate surface area is 64.0 Å². The van der Waals surface area contributed by atoms with Gasteiger partial charge in [-0.1, -0.05) is 0 Å². The summed E-state index contributed by atoms with van der Waals surface area (Å²) in [5, 5.41) is 0. The van der Waals surface area contributed by atoms with Crippen LogP contribution in [0.2, 0.25) is 0 Å². The van der Waals surface area contributed by atoms with E-state index in [1.807, 2.05) is 0 Å². The number of carbonyl (C=O) groups excluding carboxylic acids is 1. The summed E-state index contributed by atoms with van der Waals surface area (Å²) < 4.78 is 9.27. The summed E-state index contributed by atoms with van der Waals surface area (Å²) in [5.41, 5.74) is 0. The molecular weight excluding hydrogens is 144 g/mol. The fourth-order valence-electron chi connectivity index (χ4n) is 0.626. The summed E-state index contributed by atoms with van der Waals surface area (Å²) in [6.45, 7) is 0. The van der Waals surface area contributed by atoms with Crippen molar-refractivity contribution in [3.8, 4) is 12.3 Å². The molecule has 0 aromatic carbocycles. The monoisotopic (exact) mass is 150 g/mol. The molecule has 0 spiro atoms. The summed E-state index contributed by atoms with van der Waals surface area (Å²) >= 11 is 0. The van der Waals surface area contributed by atoms with Gasteiger partial charge in [0.25, 0.3) is 0 Å². The summed E-state index contributed by atoms with van der Waals surface area (Å²) in [7, 11) is 1.28. The van der Waals surface area contributed by atoms with Crippen molar-refractivity contribution in [2.75, 3.05) is 7.11 Å². The molecule has 0 saturated heterocycles. The molecule has 1 rings (SSSR count). The lowest BCUT2D eigenvalue weighted by Crippen LogP contribution is -1.98. The number of hydrogen-bond acceptors (Lipinski definition) is 3. The van der Waals surface area contributed by atoms with Gasteiger partial charge in [-0.2, -0.15) is 0 Å². The van der Waals surface area contributed by atoms with Gasteiger partial charge in [-0.05, 0) is 18.1 Å². The van der Waals surface area contributed by atoms with Crippen molar-refractivity contribution < 1.29 is 13.9 Å². The molecule has 1 aromatic heterocycles. The molecule has 56 valence electrons. The fourth-order valence-corrected chi connectivity index (χ4v) is 0.626. The molecule has 0 unspecified atom stereocenters. The Balaban J connectivity index is 2.91. The van der Waals surface area contributed by atoms with E-state index in [1.165, 1.54) is 19.2 Å². The van der Waals surface area contributed by atoms with E-state index in [0.717, 1.165) is 0 Å². The number of furan rings is 1. The lowest BCUT2D eigenvalue weighted by Gasteiger charge is -1.90. The molecule has 0 amide bonds. The highest BCUT2D eigenvalue weighted by Crippen LogP contribution is 2.06. The first-order valence-electron chi connectivity index (χ1n) is 2.92. The third-order valence-electron chi connectivity index (χ3n) is 1.13. The highest BCUT2D eigenvalue weighted by molar-refractivity contribution is 5.86. The zero-order valence-electron chi connectivity index (χ0n) is 5.96. The van der Waals surface area contributed by atoms with Gasteiger partial charge in [0, 0.05) is 0 Å². The summed E-state index contributed by atoms with van der Waals surface area (Å²) in [4.78, 5) is 10.8. The Bertz CT molecular complexity index is 303. The van der Waals surface area contributed by atoms with E-state index in [4.69, 9.17) is 10.8 Å². The van der Waals surface area contributed by atoms with Gasteiger partial charge in [0.15, 0.2) is 5.76 Å². The number of carbonyl (C=O) groups is 1. The van der Waals surface area contributed by atoms with Crippen LogP contribution in [-0.2, 0) is 4.74 Å². The maximum atomic E-state index is 10.8. The molecule has 11 heavy (non-hydrogen) atoms. The van der Waals surface area contributed by atoms with Crippen molar-refractivity contribution in [1.82, 2.24) is 0 Å². The number of hydrogen-bond donors (Lipinski definition) is 0. The van der Waals surface area contributed by atoms with Crippen molar-refractivity contribution in [2.45, 2.75) is 0 Å². The second-order valence-electron chi connectivity index (χ2n) is 1.80. The Kier molecular flexibility index (Phi) is 1.98. The Morgan fingerprint density at radius 3 is 2.91 bits per heavy atom. The van der Waals surface area contributed by atoms with Gasteiger partial charge < -0.3 is 9.15 Å². The Morgan fingerprint density at radius 1 is 1.73 bits per heavy atom. The zero-order valence-corrected chi connectivity index (χ0v) is 5.96. The second-order valence-corrected chi connectivity index (χ2v) is 1.80. The van der Waals surface area contributed by atoms with E-state index in [-0.39, 0.29) is 5.76 Å². The van der Waals surface area contributed by atoms with Crippen molar-refractivity contribution in [3.05, 3.63) is 23.7 Å². The molecule has 0 atom stereocenters. The number of esters is 1. The molecule has 1 aromatic rings. The third-order valence-corrected chi connectivity index (χ3v) is 1.13. The molecule has 3 heteroatoms. The maximum Gasteiger partial charge on any atom is 0.374 e. The summed E-state index contributed by atoms with van der Waals surface area (Å²) in [6.07, 6.45) is 5.01. The van der Waals surface area contributed by atoms with E-state index >= 15 is 0 Å². The van der Waals surface area contributed by atoms with Crippen molar-refractivity contribution in [1.29, 1.82) is 0 Å². The standard InChI is InChI=1S/C8H6O3/c1-3-6-4-5-7(11-6)8(9)10-2/h1,4-5H,2H3. The van der Waals surface area contributed by atoms with Crippen LogP contribution in [0.15, 0.2) is 16.5 Å². The minimum atomic E-state index is -0.522. The minimum absolute atomic E-state index is 0.125. The largest absolute Gasteiger partial charge is 0.463 e. The van der Waals surface area contributed by atoms with Crippen LogP contribution in [0.3, 0.4) is 0 Å². The van der Waals surface area contributed by atoms with Crippen LogP contribution in [-0.4, -0.2) is 13.1 Å². The topological polar surface area (TPSA) is 39.4 Å². The Hall–Kier alpha value is -1.69. The fraction of sp³-hybridized carbons (Fsp3) is 0.125. The molecule has 0 aliphatic heterocycles. The first-order valence-corrected chi connectivity index (χ1v) is 2.92. The predicted octanol–water partition coefficient (Wildman–Crippen LogP) is 1.05. The number of methoxy groups -OCH3 is 1. The molecule has 0 radical (unpaired) electrons. The highest BCUT2D eigenvalue weighted by atomic mass is 16.5. The lowest BCUT2D eigenvalue weighted by molar-refractivity contribution is 0.0564. The summed E-state index contributed by atoms with van der Waals surface area (Å²) in [6, 6.07) is 3.01. The molecule has 0 bridgehead atoms. The number of ether oxygens (including phenoxy) is 1. The van der Waals surface area contributed by atoms with E-state index in [9.17, 15) is 4.79 Å². The molecular formula is C8H6O3. The smallest absolute Gasteiger partial charge is 0.374 e. The maximum absolute atomic E-state index is 10.8. The molecule has 1 heterocycles. The molecule has 0 saturated carbocycles. The van der Waals surface area contributed by atoms with Gasteiger partial charge >= 0.3 is 5.97 Å². The van der Waals surface area contributed by atoms with Gasteiger partial charge in [-0.25, -0.2) is 4.79 Å². The van der Waals surface area contributed by atoms with Crippen LogP contribution in [0.5, 0.6) is 0 Å². The van der Waals surface area contributed by atoms with E-state index in [1.54, 1.807) is 0 Å². The van der Waals surface area contributed by atoms with E-state index < -0.39 is 5.97 Å². The normalized spacial score (nSPS) is 8.73. The molecule has 0 aliphatic rings. The van der Waals surface area contributed by atoms with Gasteiger partial charge in [-0.15, -0.1) is 6.42 Å². The van der Waals surface area contributed by atoms with Gasteiger partial charge in [0.2, 0.25) is 5.76 Å². The number of terminal acetylenes is 1. The van der Waals surface area contributed by atoms with Gasteiger partial charge in [-0.3, -0.25) is 0 Å². The van der Waals surface area contributed by atoms with Crippen LogP contribution >= 0.6 is 0 Å². The summed E-state index contributed by atoms with van der Waals surface area (Å²) in [5.74, 6) is 2.18. The number of rotatable bonds is 1. The first kappa shape index (κ1) is 7.42. The molecule has 3 nitrogen and oxygen atoms in total. The molecule has 0 aliphatic carbocycles. The highest BCUT2D eigenvalue weighted by Gasteiger charge is 2.08. The van der Waals surface area contributed by atoms with Crippen LogP contribution in [0.4, 0.5) is 0 Å². The lowest BCUT2D eigenvalue weighted by atomic mass is 10.4.